The van der Waals surface area contributed by atoms with Gasteiger partial charge in [-0.25, -0.2) is 0 Å². The molecule has 13 heavy (non-hydrogen) atoms. The van der Waals surface area contributed by atoms with Gasteiger partial charge in [-0.3, -0.25) is 4.79 Å². The number of carbonyl (C=O) groups is 1. The van der Waals surface area contributed by atoms with Crippen molar-refractivity contribution >= 4 is 6.29 Å². The molecule has 1 aliphatic heterocycles. The summed E-state index contributed by atoms with van der Waals surface area (Å²) in [5.74, 6) is 1.29. The third-order valence-corrected chi connectivity index (χ3v) is 2.31. The van der Waals surface area contributed by atoms with Crippen LogP contribution in [0.2, 0.25) is 0 Å². The molecule has 3 nitrogen and oxygen atoms in total. The average Bonchev–Trinajstić information content (AvgIpc) is 2.60. The molecule has 0 fully saturated rings. The molecule has 1 aromatic rings. The summed E-state index contributed by atoms with van der Waals surface area (Å²) in [6.45, 7) is 4.11. The highest BCUT2D eigenvalue weighted by atomic mass is 16.7. The zero-order valence-electron chi connectivity index (χ0n) is 7.59. The molecule has 0 aliphatic carbocycles. The molecule has 0 saturated carbocycles. The summed E-state index contributed by atoms with van der Waals surface area (Å²) in [6.07, 6.45) is 0.792. The van der Waals surface area contributed by atoms with Crippen LogP contribution in [0.25, 0.3) is 0 Å². The summed E-state index contributed by atoms with van der Waals surface area (Å²) in [5.41, 5.74) is 2.65. The van der Waals surface area contributed by atoms with Crippen molar-refractivity contribution in [1.29, 1.82) is 0 Å². The smallest absolute Gasteiger partial charge is 0.231 e. The number of benzene rings is 1. The van der Waals surface area contributed by atoms with Gasteiger partial charge in [0.05, 0.1) is 5.56 Å². The van der Waals surface area contributed by atoms with E-state index in [1.54, 1.807) is 0 Å². The Morgan fingerprint density at radius 1 is 1.31 bits per heavy atom. The standard InChI is InChI=1S/C10H10O3/c1-6-3-8(4-11)10-9(7(6)2)12-5-13-10/h3-4H,5H2,1-2H3. The highest BCUT2D eigenvalue weighted by Crippen LogP contribution is 2.39. The molecule has 0 radical (unpaired) electrons. The van der Waals surface area contributed by atoms with Crippen LogP contribution in [0, 0.1) is 13.8 Å². The van der Waals surface area contributed by atoms with Crippen LogP contribution in [-0.4, -0.2) is 13.1 Å². The number of carbonyl (C=O) groups excluding carboxylic acids is 1. The summed E-state index contributed by atoms with van der Waals surface area (Å²) in [7, 11) is 0. The first-order valence-electron chi connectivity index (χ1n) is 4.09. The second-order valence-corrected chi connectivity index (χ2v) is 3.09. The number of fused-ring (bicyclic) bond motifs is 1. The van der Waals surface area contributed by atoms with Crippen LogP contribution in [0.4, 0.5) is 0 Å². The molecule has 1 aromatic carbocycles. The molecule has 0 N–H and O–H groups in total. The van der Waals surface area contributed by atoms with Gasteiger partial charge in [-0.1, -0.05) is 0 Å². The van der Waals surface area contributed by atoms with Crippen molar-refractivity contribution in [3.05, 3.63) is 22.8 Å². The van der Waals surface area contributed by atoms with Gasteiger partial charge in [0, 0.05) is 0 Å². The Morgan fingerprint density at radius 2 is 2.00 bits per heavy atom. The lowest BCUT2D eigenvalue weighted by Gasteiger charge is -2.05. The van der Waals surface area contributed by atoms with E-state index in [1.165, 1.54) is 0 Å². The van der Waals surface area contributed by atoms with Crippen molar-refractivity contribution in [3.63, 3.8) is 0 Å². The number of aldehydes is 1. The molecule has 0 bridgehead atoms. The molecule has 0 aromatic heterocycles. The highest BCUT2D eigenvalue weighted by Gasteiger charge is 2.21. The third-order valence-electron chi connectivity index (χ3n) is 2.31. The second-order valence-electron chi connectivity index (χ2n) is 3.09. The van der Waals surface area contributed by atoms with Gasteiger partial charge in [0.15, 0.2) is 17.8 Å². The van der Waals surface area contributed by atoms with Gasteiger partial charge in [-0.15, -0.1) is 0 Å². The summed E-state index contributed by atoms with van der Waals surface area (Å²) in [6, 6.07) is 1.82. The number of hydrogen-bond donors (Lipinski definition) is 0. The lowest BCUT2D eigenvalue weighted by atomic mass is 10.0. The lowest BCUT2D eigenvalue weighted by Crippen LogP contribution is -1.94. The zero-order chi connectivity index (χ0) is 9.42. The molecule has 2 rings (SSSR count). The lowest BCUT2D eigenvalue weighted by molar-refractivity contribution is 0.111. The minimum Gasteiger partial charge on any atom is -0.453 e. The van der Waals surface area contributed by atoms with Crippen LogP contribution in [0.5, 0.6) is 11.5 Å². The van der Waals surface area contributed by atoms with E-state index in [9.17, 15) is 4.79 Å². The van der Waals surface area contributed by atoms with Gasteiger partial charge in [-0.2, -0.15) is 0 Å². The SMILES string of the molecule is Cc1cc(C=O)c2c(c1C)OCO2. The van der Waals surface area contributed by atoms with E-state index in [-0.39, 0.29) is 6.79 Å². The monoisotopic (exact) mass is 178 g/mol. The first kappa shape index (κ1) is 8.10. The molecule has 0 saturated heterocycles. The average molecular weight is 178 g/mol. The fraction of sp³-hybridized carbons (Fsp3) is 0.300. The van der Waals surface area contributed by atoms with E-state index >= 15 is 0 Å². The molecule has 0 unspecified atom stereocenters. The van der Waals surface area contributed by atoms with E-state index < -0.39 is 0 Å². The van der Waals surface area contributed by atoms with Gasteiger partial charge < -0.3 is 9.47 Å². The maximum Gasteiger partial charge on any atom is 0.231 e. The minimum atomic E-state index is 0.209. The molecule has 3 heteroatoms. The van der Waals surface area contributed by atoms with Gasteiger partial charge in [0.1, 0.15) is 0 Å². The number of hydrogen-bond acceptors (Lipinski definition) is 3. The summed E-state index contributed by atoms with van der Waals surface area (Å²) >= 11 is 0. The van der Waals surface area contributed by atoms with Crippen LogP contribution in [0.3, 0.4) is 0 Å². The summed E-state index contributed by atoms with van der Waals surface area (Å²) in [4.78, 5) is 10.7. The molecular weight excluding hydrogens is 168 g/mol. The maximum absolute atomic E-state index is 10.7. The van der Waals surface area contributed by atoms with Crippen molar-refractivity contribution in [3.8, 4) is 11.5 Å². The van der Waals surface area contributed by atoms with Crippen LogP contribution < -0.4 is 9.47 Å². The highest BCUT2D eigenvalue weighted by molar-refractivity contribution is 5.82. The summed E-state index contributed by atoms with van der Waals surface area (Å²) < 4.78 is 10.5. The molecule has 0 amide bonds. The molecule has 0 atom stereocenters. The fourth-order valence-corrected chi connectivity index (χ4v) is 1.45. The van der Waals surface area contributed by atoms with Crippen molar-refractivity contribution in [2.24, 2.45) is 0 Å². The van der Waals surface area contributed by atoms with Crippen LogP contribution in [0.15, 0.2) is 6.07 Å². The first-order chi connectivity index (χ1) is 6.24. The Hall–Kier alpha value is -1.51. The van der Waals surface area contributed by atoms with E-state index in [0.29, 0.717) is 17.1 Å². The molecule has 1 heterocycles. The first-order valence-corrected chi connectivity index (χ1v) is 4.09. The van der Waals surface area contributed by atoms with E-state index in [4.69, 9.17) is 9.47 Å². The Balaban J connectivity index is 2.70. The topological polar surface area (TPSA) is 35.5 Å². The number of aryl methyl sites for hydroxylation is 1. The number of ether oxygens (including phenoxy) is 2. The molecule has 68 valence electrons. The van der Waals surface area contributed by atoms with Crippen molar-refractivity contribution < 1.29 is 14.3 Å². The Kier molecular flexibility index (Phi) is 1.72. The Bertz CT molecular complexity index is 369. The zero-order valence-corrected chi connectivity index (χ0v) is 7.59. The Morgan fingerprint density at radius 3 is 2.69 bits per heavy atom. The largest absolute Gasteiger partial charge is 0.453 e. The quantitative estimate of drug-likeness (QED) is 0.615. The normalized spacial score (nSPS) is 13.1. The van der Waals surface area contributed by atoms with Crippen molar-refractivity contribution in [2.75, 3.05) is 6.79 Å². The molecular formula is C10H10O3. The maximum atomic E-state index is 10.7. The van der Waals surface area contributed by atoms with Crippen LogP contribution in [0.1, 0.15) is 21.5 Å². The summed E-state index contributed by atoms with van der Waals surface area (Å²) in [5, 5.41) is 0. The van der Waals surface area contributed by atoms with Crippen LogP contribution >= 0.6 is 0 Å². The number of rotatable bonds is 1. The van der Waals surface area contributed by atoms with Crippen molar-refractivity contribution in [1.82, 2.24) is 0 Å². The third kappa shape index (κ3) is 1.08. The van der Waals surface area contributed by atoms with E-state index in [2.05, 4.69) is 0 Å². The van der Waals surface area contributed by atoms with Gasteiger partial charge in [-0.05, 0) is 31.0 Å². The van der Waals surface area contributed by atoms with Crippen LogP contribution in [-0.2, 0) is 0 Å². The minimum absolute atomic E-state index is 0.209. The predicted octanol–water partition coefficient (Wildman–Crippen LogP) is 1.84. The van der Waals surface area contributed by atoms with Gasteiger partial charge >= 0.3 is 0 Å². The molecule has 0 spiro atoms. The van der Waals surface area contributed by atoms with Gasteiger partial charge in [0.25, 0.3) is 0 Å². The fourth-order valence-electron chi connectivity index (χ4n) is 1.45. The Labute approximate surface area is 76.3 Å². The predicted molar refractivity (Wildman–Crippen MR) is 47.4 cm³/mol. The van der Waals surface area contributed by atoms with Gasteiger partial charge in [0.2, 0.25) is 6.79 Å². The second kappa shape index (κ2) is 2.76. The van der Waals surface area contributed by atoms with E-state index in [0.717, 1.165) is 17.4 Å². The van der Waals surface area contributed by atoms with E-state index in [1.807, 2.05) is 19.9 Å². The molecule has 1 aliphatic rings. The van der Waals surface area contributed by atoms with Crippen molar-refractivity contribution in [2.45, 2.75) is 13.8 Å².